The fourth-order valence-corrected chi connectivity index (χ4v) is 2.03. The Balaban J connectivity index is 2.97. The maximum Gasteiger partial charge on any atom is 0.0123 e. The van der Waals surface area contributed by atoms with Gasteiger partial charge in [-0.05, 0) is 36.8 Å². The predicted molar refractivity (Wildman–Crippen MR) is 71.7 cm³/mol. The summed E-state index contributed by atoms with van der Waals surface area (Å²) < 4.78 is 0. The molecule has 1 atom stereocenters. The molecule has 1 aromatic carbocycles. The minimum atomic E-state index is 0.151. The Morgan fingerprint density at radius 1 is 1.40 bits per heavy atom. The lowest BCUT2D eigenvalue weighted by molar-refractivity contribution is 0.492. The monoisotopic (exact) mass is 266 g/mol. The molecule has 0 aliphatic carbocycles. The normalized spacial score (nSPS) is 14.7. The van der Waals surface area contributed by atoms with Crippen molar-refractivity contribution in [2.45, 2.75) is 27.2 Å². The van der Waals surface area contributed by atoms with Gasteiger partial charge in [0.15, 0.2) is 0 Å². The van der Waals surface area contributed by atoms with Gasteiger partial charge in [0, 0.05) is 5.33 Å². The molecule has 0 radical (unpaired) electrons. The number of rotatable bonds is 4. The van der Waals surface area contributed by atoms with Gasteiger partial charge in [0.05, 0.1) is 0 Å². The highest BCUT2D eigenvalue weighted by Gasteiger charge is 2.19. The molecule has 0 saturated carbocycles. The van der Waals surface area contributed by atoms with E-state index in [1.54, 1.807) is 0 Å². The minimum Gasteiger partial charge on any atom is -0.102 e. The van der Waals surface area contributed by atoms with Crippen molar-refractivity contribution in [2.75, 3.05) is 5.33 Å². The van der Waals surface area contributed by atoms with Gasteiger partial charge in [0.25, 0.3) is 0 Å². The number of aryl methyl sites for hydroxylation is 2. The second kappa shape index (κ2) is 4.98. The second-order valence-corrected chi connectivity index (χ2v) is 5.16. The molecule has 0 N–H and O–H groups in total. The molecule has 0 nitrogen and oxygen atoms in total. The Bertz CT molecular complexity index is 354. The van der Waals surface area contributed by atoms with E-state index in [2.05, 4.69) is 61.5 Å². The molecule has 0 amide bonds. The predicted octanol–water partition coefficient (Wildman–Crippen LogP) is 4.43. The van der Waals surface area contributed by atoms with Gasteiger partial charge in [0.1, 0.15) is 0 Å². The molecule has 1 unspecified atom stereocenters. The van der Waals surface area contributed by atoms with Gasteiger partial charge < -0.3 is 0 Å². The molecule has 0 aromatic heterocycles. The number of benzene rings is 1. The summed E-state index contributed by atoms with van der Waals surface area (Å²) in [4.78, 5) is 0. The van der Waals surface area contributed by atoms with E-state index in [4.69, 9.17) is 0 Å². The quantitative estimate of drug-likeness (QED) is 0.559. The Morgan fingerprint density at radius 2 is 2.07 bits per heavy atom. The fraction of sp³-hybridized carbons (Fsp3) is 0.429. The Kier molecular flexibility index (Phi) is 4.15. The number of alkyl halides is 1. The van der Waals surface area contributed by atoms with Crippen molar-refractivity contribution < 1.29 is 0 Å². The summed E-state index contributed by atoms with van der Waals surface area (Å²) >= 11 is 3.56. The van der Waals surface area contributed by atoms with E-state index in [1.165, 1.54) is 16.7 Å². The molecular formula is C14H19Br. The average Bonchev–Trinajstić information content (AvgIpc) is 2.23. The zero-order chi connectivity index (χ0) is 11.5. The summed E-state index contributed by atoms with van der Waals surface area (Å²) in [5, 5.41) is 0.955. The van der Waals surface area contributed by atoms with Crippen LogP contribution in [-0.2, 0) is 6.42 Å². The first-order valence-corrected chi connectivity index (χ1v) is 6.38. The lowest BCUT2D eigenvalue weighted by Crippen LogP contribution is -2.18. The molecule has 0 bridgehead atoms. The highest BCUT2D eigenvalue weighted by atomic mass is 79.9. The summed E-state index contributed by atoms with van der Waals surface area (Å²) in [5.74, 6) is 0. The third-order valence-electron chi connectivity index (χ3n) is 2.90. The van der Waals surface area contributed by atoms with E-state index in [-0.39, 0.29) is 5.41 Å². The molecule has 0 fully saturated rings. The summed E-state index contributed by atoms with van der Waals surface area (Å²) in [7, 11) is 0. The van der Waals surface area contributed by atoms with Crippen molar-refractivity contribution in [3.8, 4) is 0 Å². The smallest absolute Gasteiger partial charge is 0.0123 e. The topological polar surface area (TPSA) is 0 Å². The van der Waals surface area contributed by atoms with Crippen molar-refractivity contribution in [3.05, 3.63) is 47.5 Å². The van der Waals surface area contributed by atoms with Crippen LogP contribution in [0.3, 0.4) is 0 Å². The molecule has 1 aromatic rings. The first-order chi connectivity index (χ1) is 7.00. The van der Waals surface area contributed by atoms with Crippen LogP contribution in [0.25, 0.3) is 0 Å². The summed E-state index contributed by atoms with van der Waals surface area (Å²) in [6.45, 7) is 10.5. The zero-order valence-electron chi connectivity index (χ0n) is 9.81. The number of allylic oxidation sites excluding steroid dienone is 1. The SMILES string of the molecule is C=CC(C)(CBr)Cc1cc(C)ccc1C. The van der Waals surface area contributed by atoms with Crippen LogP contribution in [0.15, 0.2) is 30.9 Å². The molecule has 0 spiro atoms. The van der Waals surface area contributed by atoms with Crippen molar-refractivity contribution in [3.63, 3.8) is 0 Å². The molecule has 15 heavy (non-hydrogen) atoms. The van der Waals surface area contributed by atoms with Gasteiger partial charge >= 0.3 is 0 Å². The second-order valence-electron chi connectivity index (χ2n) is 4.60. The molecule has 1 rings (SSSR count). The molecular weight excluding hydrogens is 248 g/mol. The summed E-state index contributed by atoms with van der Waals surface area (Å²) in [5.41, 5.74) is 4.28. The molecule has 0 aliphatic heterocycles. The maximum absolute atomic E-state index is 3.92. The van der Waals surface area contributed by atoms with Crippen LogP contribution in [0, 0.1) is 19.3 Å². The third-order valence-corrected chi connectivity index (χ3v) is 4.18. The van der Waals surface area contributed by atoms with E-state index in [0.29, 0.717) is 0 Å². The van der Waals surface area contributed by atoms with Crippen LogP contribution >= 0.6 is 15.9 Å². The molecule has 82 valence electrons. The van der Waals surface area contributed by atoms with Crippen LogP contribution in [0.4, 0.5) is 0 Å². The lowest BCUT2D eigenvalue weighted by atomic mass is 9.84. The van der Waals surface area contributed by atoms with Gasteiger partial charge in [-0.2, -0.15) is 0 Å². The van der Waals surface area contributed by atoms with Crippen LogP contribution in [0.5, 0.6) is 0 Å². The van der Waals surface area contributed by atoms with E-state index in [9.17, 15) is 0 Å². The lowest BCUT2D eigenvalue weighted by Gasteiger charge is -2.24. The van der Waals surface area contributed by atoms with E-state index >= 15 is 0 Å². The van der Waals surface area contributed by atoms with E-state index < -0.39 is 0 Å². The summed E-state index contributed by atoms with van der Waals surface area (Å²) in [6.07, 6.45) is 3.10. The van der Waals surface area contributed by atoms with Crippen molar-refractivity contribution in [1.29, 1.82) is 0 Å². The van der Waals surface area contributed by atoms with Gasteiger partial charge in [-0.3, -0.25) is 0 Å². The van der Waals surface area contributed by atoms with E-state index in [1.807, 2.05) is 6.08 Å². The van der Waals surface area contributed by atoms with Crippen molar-refractivity contribution in [1.82, 2.24) is 0 Å². The fourth-order valence-electron chi connectivity index (χ4n) is 1.60. The van der Waals surface area contributed by atoms with Gasteiger partial charge in [-0.15, -0.1) is 6.58 Å². The van der Waals surface area contributed by atoms with Crippen molar-refractivity contribution >= 4 is 15.9 Å². The molecule has 0 saturated heterocycles. The first kappa shape index (κ1) is 12.5. The number of halogens is 1. The standard InChI is InChI=1S/C14H19Br/c1-5-14(4,10-15)9-13-8-11(2)6-7-12(13)3/h5-8H,1,9-10H2,2-4H3. The number of hydrogen-bond acceptors (Lipinski definition) is 0. The Morgan fingerprint density at radius 3 is 2.60 bits per heavy atom. The van der Waals surface area contributed by atoms with Crippen LogP contribution in [0.2, 0.25) is 0 Å². The zero-order valence-corrected chi connectivity index (χ0v) is 11.4. The van der Waals surface area contributed by atoms with Crippen molar-refractivity contribution in [2.24, 2.45) is 5.41 Å². The first-order valence-electron chi connectivity index (χ1n) is 5.26. The average molecular weight is 267 g/mol. The van der Waals surface area contributed by atoms with Crippen LogP contribution < -0.4 is 0 Å². The van der Waals surface area contributed by atoms with Crippen LogP contribution in [-0.4, -0.2) is 5.33 Å². The van der Waals surface area contributed by atoms with Gasteiger partial charge in [0.2, 0.25) is 0 Å². The highest BCUT2D eigenvalue weighted by Crippen LogP contribution is 2.28. The maximum atomic E-state index is 3.92. The number of hydrogen-bond donors (Lipinski definition) is 0. The van der Waals surface area contributed by atoms with Crippen LogP contribution in [0.1, 0.15) is 23.6 Å². The summed E-state index contributed by atoms with van der Waals surface area (Å²) in [6, 6.07) is 6.64. The van der Waals surface area contributed by atoms with E-state index in [0.717, 1.165) is 11.8 Å². The van der Waals surface area contributed by atoms with Gasteiger partial charge in [-0.1, -0.05) is 52.7 Å². The molecule has 0 aliphatic rings. The third kappa shape index (κ3) is 3.20. The Labute approximate surface area is 102 Å². The largest absolute Gasteiger partial charge is 0.102 e. The molecule has 1 heteroatoms. The minimum absolute atomic E-state index is 0.151. The van der Waals surface area contributed by atoms with Gasteiger partial charge in [-0.25, -0.2) is 0 Å². The highest BCUT2D eigenvalue weighted by molar-refractivity contribution is 9.09. The Hall–Kier alpha value is -0.560. The molecule has 0 heterocycles.